The average molecular weight is 472 g/mol. The zero-order valence-electron chi connectivity index (χ0n) is 17.4. The number of aromatic amines is 1. The van der Waals surface area contributed by atoms with Gasteiger partial charge in [0.2, 0.25) is 0 Å². The molecule has 4 rings (SSSR count). The van der Waals surface area contributed by atoms with Crippen molar-refractivity contribution in [2.75, 3.05) is 6.61 Å². The largest absolute Gasteiger partial charge is 0.482 e. The summed E-state index contributed by atoms with van der Waals surface area (Å²) in [6.45, 7) is 1.33. The van der Waals surface area contributed by atoms with E-state index in [1.807, 2.05) is 24.3 Å². The van der Waals surface area contributed by atoms with Gasteiger partial charge in [-0.05, 0) is 53.9 Å². The summed E-state index contributed by atoms with van der Waals surface area (Å²) in [4.78, 5) is 11.6. The third kappa shape index (κ3) is 5.31. The maximum Gasteiger partial charge on any atom is 0.416 e. The first-order chi connectivity index (χ1) is 15.7. The number of carbonyl (C=O) groups is 1. The van der Waals surface area contributed by atoms with Crippen LogP contribution in [0.25, 0.3) is 10.9 Å². The first-order valence-electron chi connectivity index (χ1n) is 9.93. The zero-order chi connectivity index (χ0) is 23.6. The summed E-state index contributed by atoms with van der Waals surface area (Å²) >= 11 is 1.40. The van der Waals surface area contributed by atoms with Gasteiger partial charge in [0.1, 0.15) is 5.75 Å². The first kappa shape index (κ1) is 22.7. The number of aryl methyl sites for hydroxylation is 1. The molecule has 0 aliphatic heterocycles. The highest BCUT2D eigenvalue weighted by molar-refractivity contribution is 7.99. The van der Waals surface area contributed by atoms with Gasteiger partial charge in [-0.25, -0.2) is 4.79 Å². The van der Waals surface area contributed by atoms with Crippen LogP contribution in [0.1, 0.15) is 27.5 Å². The molecule has 0 amide bonds. The third-order valence-corrected chi connectivity index (χ3v) is 6.34. The van der Waals surface area contributed by atoms with Gasteiger partial charge < -0.3 is 9.84 Å². The van der Waals surface area contributed by atoms with Gasteiger partial charge in [-0.2, -0.15) is 18.3 Å². The van der Waals surface area contributed by atoms with E-state index in [1.54, 1.807) is 31.3 Å². The molecule has 4 aromatic rings. The number of benzene rings is 3. The van der Waals surface area contributed by atoms with Gasteiger partial charge in [0.05, 0.1) is 22.5 Å². The van der Waals surface area contributed by atoms with Crippen LogP contribution in [0.15, 0.2) is 71.8 Å². The molecule has 0 saturated heterocycles. The quantitative estimate of drug-likeness (QED) is 0.312. The molecule has 0 aliphatic carbocycles. The molecule has 1 unspecified atom stereocenters. The van der Waals surface area contributed by atoms with Gasteiger partial charge in [-0.3, -0.25) is 5.10 Å². The van der Waals surface area contributed by atoms with E-state index in [-0.39, 0.29) is 0 Å². The molecular formula is C24H19F3N2O3S. The van der Waals surface area contributed by atoms with Crippen molar-refractivity contribution in [2.24, 2.45) is 0 Å². The Hall–Kier alpha value is -3.46. The number of hydrogen-bond acceptors (Lipinski definition) is 4. The highest BCUT2D eigenvalue weighted by Crippen LogP contribution is 2.43. The predicted molar refractivity (Wildman–Crippen MR) is 120 cm³/mol. The number of hydrogen-bond donors (Lipinski definition) is 2. The molecule has 33 heavy (non-hydrogen) atoms. The number of H-pyrrole nitrogens is 1. The van der Waals surface area contributed by atoms with Crippen LogP contribution < -0.4 is 4.74 Å². The van der Waals surface area contributed by atoms with E-state index in [1.165, 1.54) is 23.9 Å². The maximum absolute atomic E-state index is 13.4. The Morgan fingerprint density at radius 1 is 1.12 bits per heavy atom. The van der Waals surface area contributed by atoms with Gasteiger partial charge in [-0.15, -0.1) is 11.8 Å². The van der Waals surface area contributed by atoms with Crippen LogP contribution in [-0.2, 0) is 11.0 Å². The summed E-state index contributed by atoms with van der Waals surface area (Å²) in [5, 5.41) is 16.2. The van der Waals surface area contributed by atoms with Gasteiger partial charge in [-0.1, -0.05) is 30.3 Å². The number of ether oxygens (including phenoxy) is 1. The Bertz CT molecular complexity index is 1300. The van der Waals surface area contributed by atoms with E-state index in [0.29, 0.717) is 11.3 Å². The highest BCUT2D eigenvalue weighted by Gasteiger charge is 2.31. The number of fused-ring (bicyclic) bond motifs is 1. The third-order valence-electron chi connectivity index (χ3n) is 5.04. The second-order valence-corrected chi connectivity index (χ2v) is 8.63. The Kier molecular flexibility index (Phi) is 6.33. The number of aliphatic carboxylic acids is 1. The molecule has 1 aromatic heterocycles. The van der Waals surface area contributed by atoms with Crippen LogP contribution in [0.4, 0.5) is 13.2 Å². The second-order valence-electron chi connectivity index (χ2n) is 7.45. The van der Waals surface area contributed by atoms with Crippen molar-refractivity contribution in [1.82, 2.24) is 10.2 Å². The number of alkyl halides is 3. The lowest BCUT2D eigenvalue weighted by molar-refractivity contribution is -0.139. The van der Waals surface area contributed by atoms with Gasteiger partial charge in [0, 0.05) is 10.3 Å². The number of nitrogens with zero attached hydrogens (tertiary/aromatic N) is 1. The number of carboxylic acids is 1. The van der Waals surface area contributed by atoms with E-state index >= 15 is 0 Å². The second kappa shape index (κ2) is 9.19. The van der Waals surface area contributed by atoms with E-state index in [4.69, 9.17) is 9.84 Å². The summed E-state index contributed by atoms with van der Waals surface area (Å²) in [6.07, 6.45) is -2.76. The lowest BCUT2D eigenvalue weighted by Gasteiger charge is -2.20. The number of halogens is 3. The fourth-order valence-corrected chi connectivity index (χ4v) is 4.69. The van der Waals surface area contributed by atoms with E-state index in [0.717, 1.165) is 33.0 Å². The molecule has 5 nitrogen and oxygen atoms in total. The fraction of sp³-hybridized carbons (Fsp3) is 0.167. The van der Waals surface area contributed by atoms with Crippen molar-refractivity contribution < 1.29 is 27.8 Å². The molecule has 2 N–H and O–H groups in total. The van der Waals surface area contributed by atoms with Gasteiger partial charge in [0.25, 0.3) is 0 Å². The lowest BCUT2D eigenvalue weighted by atomic mass is 10.0. The van der Waals surface area contributed by atoms with Crippen LogP contribution in [-0.4, -0.2) is 27.9 Å². The Labute approximate surface area is 191 Å². The van der Waals surface area contributed by atoms with Crippen molar-refractivity contribution in [2.45, 2.75) is 23.2 Å². The summed E-state index contributed by atoms with van der Waals surface area (Å²) in [7, 11) is 0. The smallest absolute Gasteiger partial charge is 0.416 e. The van der Waals surface area contributed by atoms with Gasteiger partial charge >= 0.3 is 12.1 Å². The van der Waals surface area contributed by atoms with Crippen LogP contribution in [0, 0.1) is 6.92 Å². The molecule has 170 valence electrons. The Morgan fingerprint density at radius 2 is 1.91 bits per heavy atom. The number of thioether (sulfide) groups is 1. The average Bonchev–Trinajstić information content (AvgIpc) is 3.24. The first-order valence-corrected chi connectivity index (χ1v) is 10.8. The summed E-state index contributed by atoms with van der Waals surface area (Å²) in [6, 6.07) is 16.2. The van der Waals surface area contributed by atoms with Crippen LogP contribution >= 0.6 is 11.8 Å². The topological polar surface area (TPSA) is 75.2 Å². The minimum atomic E-state index is -4.45. The van der Waals surface area contributed by atoms with Crippen molar-refractivity contribution in [3.63, 3.8) is 0 Å². The molecule has 0 saturated carbocycles. The van der Waals surface area contributed by atoms with E-state index < -0.39 is 29.6 Å². The van der Waals surface area contributed by atoms with E-state index in [9.17, 15) is 18.0 Å². The number of carboxylic acid groups (broad SMARTS) is 1. The monoisotopic (exact) mass is 472 g/mol. The molecule has 0 fully saturated rings. The highest BCUT2D eigenvalue weighted by atomic mass is 32.2. The van der Waals surface area contributed by atoms with Crippen LogP contribution in [0.2, 0.25) is 0 Å². The van der Waals surface area contributed by atoms with Crippen molar-refractivity contribution >= 4 is 28.6 Å². The molecule has 9 heteroatoms. The summed E-state index contributed by atoms with van der Waals surface area (Å²) in [5.74, 6) is -0.636. The minimum absolute atomic E-state index is 0.426. The van der Waals surface area contributed by atoms with Crippen molar-refractivity contribution in [3.05, 3.63) is 89.1 Å². The molecule has 0 radical (unpaired) electrons. The lowest BCUT2D eigenvalue weighted by Crippen LogP contribution is -2.10. The van der Waals surface area contributed by atoms with Crippen molar-refractivity contribution in [1.29, 1.82) is 0 Å². The molecule has 0 bridgehead atoms. The van der Waals surface area contributed by atoms with Gasteiger partial charge in [0.15, 0.2) is 6.61 Å². The Morgan fingerprint density at radius 3 is 2.64 bits per heavy atom. The summed E-state index contributed by atoms with van der Waals surface area (Å²) < 4.78 is 45.4. The molecule has 1 atom stereocenters. The predicted octanol–water partition coefficient (Wildman–Crippen LogP) is 6.24. The molecule has 0 spiro atoms. The number of aromatic nitrogens is 2. The maximum atomic E-state index is 13.4. The van der Waals surface area contributed by atoms with Crippen LogP contribution in [0.3, 0.4) is 0 Å². The SMILES string of the molecule is Cc1cc(SC(c2cccc(C(F)(F)F)c2)c2ccc3cn[nH]c3c2)ccc1OCC(=O)O. The van der Waals surface area contributed by atoms with E-state index in [2.05, 4.69) is 10.2 Å². The summed E-state index contributed by atoms with van der Waals surface area (Å²) in [5.41, 5.74) is 2.14. The molecular weight excluding hydrogens is 453 g/mol. The molecule has 3 aromatic carbocycles. The zero-order valence-corrected chi connectivity index (χ0v) is 18.2. The van der Waals surface area contributed by atoms with Crippen LogP contribution in [0.5, 0.6) is 5.75 Å². The number of rotatable bonds is 7. The molecule has 1 heterocycles. The standard InChI is InChI=1S/C24H19F3N2O3S/c1-14-9-19(7-8-21(14)32-13-22(30)31)33-23(15-3-2-4-18(10-15)24(25,26)27)16-5-6-17-12-28-29-20(17)11-16/h2-12,23H,13H2,1H3,(H,28,29)(H,30,31). The molecule has 0 aliphatic rings. The fourth-order valence-electron chi connectivity index (χ4n) is 3.46. The minimum Gasteiger partial charge on any atom is -0.482 e. The number of nitrogens with one attached hydrogen (secondary N) is 1. The van der Waals surface area contributed by atoms with Crippen molar-refractivity contribution in [3.8, 4) is 5.75 Å². The normalized spacial score (nSPS) is 12.6. The Balaban J connectivity index is 1.72.